The summed E-state index contributed by atoms with van der Waals surface area (Å²) in [6.45, 7) is 10.0. The average Bonchev–Trinajstić information content (AvgIpc) is 2.11. The first-order valence-corrected chi connectivity index (χ1v) is 6.79. The van der Waals surface area contributed by atoms with Gasteiger partial charge in [0.25, 0.3) is 0 Å². The van der Waals surface area contributed by atoms with Crippen LogP contribution in [0.15, 0.2) is 0 Å². The summed E-state index contributed by atoms with van der Waals surface area (Å²) in [6.07, 6.45) is 1.32. The fraction of sp³-hybridized carbons (Fsp3) is 0.857. The van der Waals surface area contributed by atoms with Crippen LogP contribution in [0.4, 0.5) is 0 Å². The molecule has 0 aromatic heterocycles. The number of hydrogen-bond acceptors (Lipinski definition) is 3. The molecule has 0 aliphatic rings. The summed E-state index contributed by atoms with van der Waals surface area (Å²) in [5.74, 6) is -1.07. The SMILES string of the molecule is CC(C)CC(NC(=O)CC(N)CC(C)(C)C)C(=O)O. The van der Waals surface area contributed by atoms with Crippen LogP contribution in [0.3, 0.4) is 0 Å². The summed E-state index contributed by atoms with van der Waals surface area (Å²) in [7, 11) is 0. The highest BCUT2D eigenvalue weighted by Gasteiger charge is 2.23. The highest BCUT2D eigenvalue weighted by atomic mass is 16.4. The van der Waals surface area contributed by atoms with Crippen molar-refractivity contribution in [2.45, 2.75) is 66.0 Å². The Morgan fingerprint density at radius 2 is 1.79 bits per heavy atom. The molecule has 0 fully saturated rings. The van der Waals surface area contributed by atoms with E-state index in [2.05, 4.69) is 26.1 Å². The van der Waals surface area contributed by atoms with Gasteiger partial charge in [0.1, 0.15) is 6.04 Å². The minimum absolute atomic E-state index is 0.0594. The van der Waals surface area contributed by atoms with Gasteiger partial charge < -0.3 is 16.2 Å². The van der Waals surface area contributed by atoms with E-state index in [1.54, 1.807) is 0 Å². The molecule has 0 aliphatic heterocycles. The Morgan fingerprint density at radius 1 is 1.26 bits per heavy atom. The summed E-state index contributed by atoms with van der Waals surface area (Å²) in [5.41, 5.74) is 5.96. The lowest BCUT2D eigenvalue weighted by molar-refractivity contribution is -0.142. The second-order valence-electron chi connectivity index (χ2n) is 6.82. The van der Waals surface area contributed by atoms with Crippen molar-refractivity contribution in [3.05, 3.63) is 0 Å². The highest BCUT2D eigenvalue weighted by Crippen LogP contribution is 2.21. The normalized spacial score (nSPS) is 15.1. The van der Waals surface area contributed by atoms with Gasteiger partial charge in [0.2, 0.25) is 5.91 Å². The lowest BCUT2D eigenvalue weighted by Crippen LogP contribution is -2.44. The molecule has 0 aliphatic carbocycles. The van der Waals surface area contributed by atoms with Crippen LogP contribution in [-0.4, -0.2) is 29.1 Å². The van der Waals surface area contributed by atoms with Gasteiger partial charge >= 0.3 is 5.97 Å². The molecule has 0 bridgehead atoms. The van der Waals surface area contributed by atoms with Crippen LogP contribution in [0.1, 0.15) is 53.9 Å². The van der Waals surface area contributed by atoms with E-state index in [0.717, 1.165) is 6.42 Å². The monoisotopic (exact) mass is 272 g/mol. The number of carbonyl (C=O) groups excluding carboxylic acids is 1. The van der Waals surface area contributed by atoms with Gasteiger partial charge in [-0.25, -0.2) is 4.79 Å². The van der Waals surface area contributed by atoms with Crippen molar-refractivity contribution in [1.82, 2.24) is 5.32 Å². The van der Waals surface area contributed by atoms with E-state index in [1.165, 1.54) is 0 Å². The maximum Gasteiger partial charge on any atom is 0.326 e. The maximum absolute atomic E-state index is 11.8. The second-order valence-corrected chi connectivity index (χ2v) is 6.82. The molecule has 0 heterocycles. The average molecular weight is 272 g/mol. The number of carboxylic acid groups (broad SMARTS) is 1. The van der Waals surface area contributed by atoms with Gasteiger partial charge in [0, 0.05) is 12.5 Å². The van der Waals surface area contributed by atoms with E-state index < -0.39 is 12.0 Å². The van der Waals surface area contributed by atoms with Crippen molar-refractivity contribution in [3.63, 3.8) is 0 Å². The molecule has 0 rings (SSSR count). The van der Waals surface area contributed by atoms with E-state index in [0.29, 0.717) is 6.42 Å². The molecule has 1 amide bonds. The molecule has 5 nitrogen and oxygen atoms in total. The molecule has 4 N–H and O–H groups in total. The quantitative estimate of drug-likeness (QED) is 0.658. The number of aliphatic carboxylic acids is 1. The van der Waals surface area contributed by atoms with E-state index in [4.69, 9.17) is 10.8 Å². The first-order valence-electron chi connectivity index (χ1n) is 6.79. The largest absolute Gasteiger partial charge is 0.480 e. The number of rotatable bonds is 7. The fourth-order valence-electron chi connectivity index (χ4n) is 2.04. The summed E-state index contributed by atoms with van der Waals surface area (Å²) < 4.78 is 0. The van der Waals surface area contributed by atoms with Crippen LogP contribution in [0, 0.1) is 11.3 Å². The number of hydrogen-bond donors (Lipinski definition) is 3. The van der Waals surface area contributed by atoms with Crippen LogP contribution < -0.4 is 11.1 Å². The zero-order valence-electron chi connectivity index (χ0n) is 12.7. The van der Waals surface area contributed by atoms with Crippen LogP contribution in [0.5, 0.6) is 0 Å². The third-order valence-corrected chi connectivity index (χ3v) is 2.66. The molecule has 0 aromatic rings. The van der Waals surface area contributed by atoms with Crippen molar-refractivity contribution in [1.29, 1.82) is 0 Å². The van der Waals surface area contributed by atoms with Gasteiger partial charge in [-0.3, -0.25) is 4.79 Å². The van der Waals surface area contributed by atoms with Crippen LogP contribution >= 0.6 is 0 Å². The molecule has 112 valence electrons. The van der Waals surface area contributed by atoms with Gasteiger partial charge in [0.15, 0.2) is 0 Å². The summed E-state index contributed by atoms with van der Waals surface area (Å²) in [5, 5.41) is 11.6. The smallest absolute Gasteiger partial charge is 0.326 e. The van der Waals surface area contributed by atoms with Gasteiger partial charge in [-0.05, 0) is 24.2 Å². The highest BCUT2D eigenvalue weighted by molar-refractivity contribution is 5.83. The Bertz CT molecular complexity index is 308. The topological polar surface area (TPSA) is 92.4 Å². The van der Waals surface area contributed by atoms with Crippen LogP contribution in [0.2, 0.25) is 0 Å². The molecule has 5 heteroatoms. The van der Waals surface area contributed by atoms with E-state index in [1.807, 2.05) is 13.8 Å². The summed E-state index contributed by atoms with van der Waals surface area (Å²) >= 11 is 0. The maximum atomic E-state index is 11.8. The number of amides is 1. The molecule has 0 saturated heterocycles. The third-order valence-electron chi connectivity index (χ3n) is 2.66. The van der Waals surface area contributed by atoms with Crippen molar-refractivity contribution in [3.8, 4) is 0 Å². The molecule has 19 heavy (non-hydrogen) atoms. The minimum Gasteiger partial charge on any atom is -0.480 e. The number of nitrogens with one attached hydrogen (secondary N) is 1. The molecule has 0 spiro atoms. The van der Waals surface area contributed by atoms with Crippen molar-refractivity contribution in [2.75, 3.05) is 0 Å². The Balaban J connectivity index is 4.30. The van der Waals surface area contributed by atoms with E-state index in [-0.39, 0.29) is 29.7 Å². The van der Waals surface area contributed by atoms with E-state index >= 15 is 0 Å². The van der Waals surface area contributed by atoms with Gasteiger partial charge in [-0.2, -0.15) is 0 Å². The van der Waals surface area contributed by atoms with Gasteiger partial charge in [-0.1, -0.05) is 34.6 Å². The zero-order valence-corrected chi connectivity index (χ0v) is 12.7. The van der Waals surface area contributed by atoms with Crippen molar-refractivity contribution >= 4 is 11.9 Å². The van der Waals surface area contributed by atoms with Crippen LogP contribution in [0.25, 0.3) is 0 Å². The standard InChI is InChI=1S/C14H28N2O3/c1-9(2)6-11(13(18)19)16-12(17)7-10(15)8-14(3,4)5/h9-11H,6-8,15H2,1-5H3,(H,16,17)(H,18,19). The number of carbonyl (C=O) groups is 2. The predicted molar refractivity (Wildman–Crippen MR) is 75.7 cm³/mol. The van der Waals surface area contributed by atoms with Gasteiger partial charge in [-0.15, -0.1) is 0 Å². The molecular formula is C14H28N2O3. The minimum atomic E-state index is -0.994. The third kappa shape index (κ3) is 9.47. The molecule has 0 aromatic carbocycles. The number of nitrogens with two attached hydrogens (primary N) is 1. The second kappa shape index (κ2) is 7.48. The first kappa shape index (κ1) is 17.9. The van der Waals surface area contributed by atoms with Crippen LogP contribution in [-0.2, 0) is 9.59 Å². The zero-order chi connectivity index (χ0) is 15.2. The summed E-state index contributed by atoms with van der Waals surface area (Å²) in [6, 6.07) is -1.07. The molecule has 0 radical (unpaired) electrons. The molecule has 0 saturated carbocycles. The van der Waals surface area contributed by atoms with E-state index in [9.17, 15) is 9.59 Å². The summed E-state index contributed by atoms with van der Waals surface area (Å²) in [4.78, 5) is 22.8. The molecular weight excluding hydrogens is 244 g/mol. The Hall–Kier alpha value is -1.10. The Labute approximate surface area is 115 Å². The molecule has 2 atom stereocenters. The lowest BCUT2D eigenvalue weighted by atomic mass is 9.87. The predicted octanol–water partition coefficient (Wildman–Crippen LogP) is 1.76. The number of carboxylic acids is 1. The molecule has 2 unspecified atom stereocenters. The fourth-order valence-corrected chi connectivity index (χ4v) is 2.04. The Kier molecular flexibility index (Phi) is 7.05. The lowest BCUT2D eigenvalue weighted by Gasteiger charge is -2.23. The van der Waals surface area contributed by atoms with Crippen molar-refractivity contribution in [2.24, 2.45) is 17.1 Å². The Morgan fingerprint density at radius 3 is 2.16 bits per heavy atom. The van der Waals surface area contributed by atoms with Gasteiger partial charge in [0.05, 0.1) is 0 Å². The van der Waals surface area contributed by atoms with Crippen molar-refractivity contribution < 1.29 is 14.7 Å². The first-order chi connectivity index (χ1) is 8.51.